The van der Waals surface area contributed by atoms with Crippen LogP contribution in [-0.4, -0.2) is 19.6 Å². The fourth-order valence-electron chi connectivity index (χ4n) is 2.36. The second-order valence-corrected chi connectivity index (χ2v) is 5.30. The summed E-state index contributed by atoms with van der Waals surface area (Å²) in [5.74, 6) is 0.378. The zero-order valence-electron chi connectivity index (χ0n) is 10.5. The zero-order chi connectivity index (χ0) is 12.3. The lowest BCUT2D eigenvalue weighted by atomic mass is 10.0. The first kappa shape index (κ1) is 12.7. The van der Waals surface area contributed by atoms with Crippen molar-refractivity contribution in [3.05, 3.63) is 28.8 Å². The van der Waals surface area contributed by atoms with Crippen LogP contribution in [0, 0.1) is 0 Å². The molecule has 0 spiro atoms. The van der Waals surface area contributed by atoms with Crippen LogP contribution in [0.2, 0.25) is 5.02 Å². The molecule has 1 saturated heterocycles. The van der Waals surface area contributed by atoms with E-state index in [2.05, 4.69) is 30.0 Å². The van der Waals surface area contributed by atoms with E-state index < -0.39 is 0 Å². The Labute approximate surface area is 109 Å². The molecule has 0 aromatic heterocycles. The second kappa shape index (κ2) is 5.74. The molecular formula is C14H21ClN2. The van der Waals surface area contributed by atoms with Gasteiger partial charge in [-0.2, -0.15) is 0 Å². The maximum absolute atomic E-state index is 6.38. The van der Waals surface area contributed by atoms with Gasteiger partial charge in [-0.15, -0.1) is 0 Å². The van der Waals surface area contributed by atoms with Crippen LogP contribution in [0.25, 0.3) is 0 Å². The fourth-order valence-corrected chi connectivity index (χ4v) is 2.67. The summed E-state index contributed by atoms with van der Waals surface area (Å²) in [5, 5.41) is 0.865. The molecule has 1 atom stereocenters. The summed E-state index contributed by atoms with van der Waals surface area (Å²) in [5.41, 5.74) is 8.10. The molecule has 0 radical (unpaired) electrons. The quantitative estimate of drug-likeness (QED) is 0.894. The van der Waals surface area contributed by atoms with Crippen molar-refractivity contribution in [2.45, 2.75) is 32.1 Å². The molecular weight excluding hydrogens is 232 g/mol. The van der Waals surface area contributed by atoms with E-state index in [1.54, 1.807) is 0 Å². The lowest BCUT2D eigenvalue weighted by Gasteiger charge is -2.30. The average molecular weight is 253 g/mol. The second-order valence-electron chi connectivity index (χ2n) is 4.90. The number of piperidine rings is 1. The van der Waals surface area contributed by atoms with Crippen LogP contribution < -0.4 is 10.6 Å². The molecule has 1 aromatic rings. The molecule has 0 amide bonds. The zero-order valence-corrected chi connectivity index (χ0v) is 11.2. The Morgan fingerprint density at radius 1 is 1.29 bits per heavy atom. The highest BCUT2D eigenvalue weighted by Crippen LogP contribution is 2.31. The minimum Gasteiger partial charge on any atom is -0.370 e. The van der Waals surface area contributed by atoms with Crippen molar-refractivity contribution in [2.75, 3.05) is 24.5 Å². The summed E-state index contributed by atoms with van der Waals surface area (Å²) in [6.45, 7) is 5.06. The Morgan fingerprint density at radius 2 is 2.00 bits per heavy atom. The van der Waals surface area contributed by atoms with Gasteiger partial charge in [-0.25, -0.2) is 0 Å². The number of halogens is 1. The summed E-state index contributed by atoms with van der Waals surface area (Å²) in [7, 11) is 0. The highest BCUT2D eigenvalue weighted by atomic mass is 35.5. The monoisotopic (exact) mass is 252 g/mol. The summed E-state index contributed by atoms with van der Waals surface area (Å²) in [6, 6.07) is 6.38. The topological polar surface area (TPSA) is 29.3 Å². The Kier molecular flexibility index (Phi) is 4.30. The highest BCUT2D eigenvalue weighted by molar-refractivity contribution is 6.33. The number of anilines is 1. The van der Waals surface area contributed by atoms with Gasteiger partial charge in [-0.05, 0) is 49.4 Å². The Morgan fingerprint density at radius 3 is 2.59 bits per heavy atom. The van der Waals surface area contributed by atoms with Gasteiger partial charge in [-0.3, -0.25) is 0 Å². The first-order chi connectivity index (χ1) is 8.22. The van der Waals surface area contributed by atoms with Crippen molar-refractivity contribution in [2.24, 2.45) is 5.73 Å². The largest absolute Gasteiger partial charge is 0.370 e. The van der Waals surface area contributed by atoms with Gasteiger partial charge in [-0.1, -0.05) is 24.6 Å². The molecule has 0 bridgehead atoms. The molecule has 2 N–H and O–H groups in total. The average Bonchev–Trinajstić information content (AvgIpc) is 2.38. The van der Waals surface area contributed by atoms with Gasteiger partial charge < -0.3 is 10.6 Å². The van der Waals surface area contributed by atoms with Crippen LogP contribution in [0.5, 0.6) is 0 Å². The molecule has 1 aromatic carbocycles. The lowest BCUT2D eigenvalue weighted by Crippen LogP contribution is -2.29. The standard InChI is InChI=1S/C14H21ClN2/c1-11(10-16)12-5-6-14(13(15)9-12)17-7-3-2-4-8-17/h5-6,9,11H,2-4,7-8,10,16H2,1H3/t11-/m1/s1. The molecule has 2 nitrogen and oxygen atoms in total. The minimum atomic E-state index is 0.378. The van der Waals surface area contributed by atoms with Gasteiger partial charge in [0.05, 0.1) is 10.7 Å². The molecule has 0 aliphatic carbocycles. The molecule has 1 heterocycles. The van der Waals surface area contributed by atoms with Crippen LogP contribution >= 0.6 is 11.6 Å². The van der Waals surface area contributed by atoms with Gasteiger partial charge >= 0.3 is 0 Å². The molecule has 94 valence electrons. The minimum absolute atomic E-state index is 0.378. The molecule has 1 fully saturated rings. The van der Waals surface area contributed by atoms with E-state index in [-0.39, 0.29) is 0 Å². The third-order valence-corrected chi connectivity index (χ3v) is 3.89. The number of benzene rings is 1. The van der Waals surface area contributed by atoms with Gasteiger partial charge in [0.25, 0.3) is 0 Å². The van der Waals surface area contributed by atoms with Gasteiger partial charge in [0.15, 0.2) is 0 Å². The number of hydrogen-bond acceptors (Lipinski definition) is 2. The summed E-state index contributed by atoms with van der Waals surface area (Å²) >= 11 is 6.38. The van der Waals surface area contributed by atoms with Crippen LogP contribution in [0.4, 0.5) is 5.69 Å². The third kappa shape index (κ3) is 2.93. The third-order valence-electron chi connectivity index (χ3n) is 3.59. The summed E-state index contributed by atoms with van der Waals surface area (Å²) < 4.78 is 0. The van der Waals surface area contributed by atoms with Crippen molar-refractivity contribution < 1.29 is 0 Å². The van der Waals surface area contributed by atoms with Crippen molar-refractivity contribution in [1.82, 2.24) is 0 Å². The van der Waals surface area contributed by atoms with E-state index in [0.717, 1.165) is 18.1 Å². The van der Waals surface area contributed by atoms with E-state index >= 15 is 0 Å². The fraction of sp³-hybridized carbons (Fsp3) is 0.571. The predicted molar refractivity (Wildman–Crippen MR) is 75.0 cm³/mol. The first-order valence-corrected chi connectivity index (χ1v) is 6.84. The molecule has 1 aliphatic rings. The number of rotatable bonds is 3. The predicted octanol–water partition coefficient (Wildman–Crippen LogP) is 3.39. The van der Waals surface area contributed by atoms with E-state index in [9.17, 15) is 0 Å². The van der Waals surface area contributed by atoms with E-state index in [1.807, 2.05) is 0 Å². The first-order valence-electron chi connectivity index (χ1n) is 6.47. The van der Waals surface area contributed by atoms with E-state index in [1.165, 1.54) is 30.5 Å². The number of nitrogens with zero attached hydrogens (tertiary/aromatic N) is 1. The van der Waals surface area contributed by atoms with Crippen LogP contribution in [0.1, 0.15) is 37.7 Å². The summed E-state index contributed by atoms with van der Waals surface area (Å²) in [6.07, 6.45) is 3.89. The number of hydrogen-bond donors (Lipinski definition) is 1. The molecule has 17 heavy (non-hydrogen) atoms. The molecule has 3 heteroatoms. The maximum Gasteiger partial charge on any atom is 0.0642 e. The van der Waals surface area contributed by atoms with Gasteiger partial charge in [0.1, 0.15) is 0 Å². The van der Waals surface area contributed by atoms with Crippen LogP contribution in [0.15, 0.2) is 18.2 Å². The van der Waals surface area contributed by atoms with Crippen molar-refractivity contribution in [3.63, 3.8) is 0 Å². The smallest absolute Gasteiger partial charge is 0.0642 e. The molecule has 1 aliphatic heterocycles. The van der Waals surface area contributed by atoms with E-state index in [0.29, 0.717) is 12.5 Å². The van der Waals surface area contributed by atoms with E-state index in [4.69, 9.17) is 17.3 Å². The normalized spacial score (nSPS) is 18.2. The molecule has 0 unspecified atom stereocenters. The Bertz CT molecular complexity index is 372. The Balaban J connectivity index is 2.18. The molecule has 0 saturated carbocycles. The maximum atomic E-state index is 6.38. The van der Waals surface area contributed by atoms with Crippen molar-refractivity contribution >= 4 is 17.3 Å². The Hall–Kier alpha value is -0.730. The van der Waals surface area contributed by atoms with Gasteiger partial charge in [0.2, 0.25) is 0 Å². The van der Waals surface area contributed by atoms with Crippen molar-refractivity contribution in [1.29, 1.82) is 0 Å². The van der Waals surface area contributed by atoms with Crippen LogP contribution in [0.3, 0.4) is 0 Å². The van der Waals surface area contributed by atoms with Crippen LogP contribution in [-0.2, 0) is 0 Å². The highest BCUT2D eigenvalue weighted by Gasteiger charge is 2.14. The SMILES string of the molecule is C[C@H](CN)c1ccc(N2CCCCC2)c(Cl)c1. The van der Waals surface area contributed by atoms with Gasteiger partial charge in [0, 0.05) is 13.1 Å². The number of nitrogens with two attached hydrogens (primary N) is 1. The summed E-state index contributed by atoms with van der Waals surface area (Å²) in [4.78, 5) is 2.39. The molecule has 2 rings (SSSR count). The lowest BCUT2D eigenvalue weighted by molar-refractivity contribution is 0.578. The van der Waals surface area contributed by atoms with Crippen molar-refractivity contribution in [3.8, 4) is 0 Å².